The van der Waals surface area contributed by atoms with E-state index in [1.54, 1.807) is 10.7 Å². The summed E-state index contributed by atoms with van der Waals surface area (Å²) in [7, 11) is 0. The second-order valence-corrected chi connectivity index (χ2v) is 4.60. The minimum Gasteiger partial charge on any atom is -0.307 e. The SMILES string of the molecule is FC(F)(F)c1cccc(Cn2cc3c(n2)CNC3)c1. The fourth-order valence-electron chi connectivity index (χ4n) is 2.23. The first kappa shape index (κ1) is 12.2. The summed E-state index contributed by atoms with van der Waals surface area (Å²) >= 11 is 0. The third-order valence-electron chi connectivity index (χ3n) is 3.13. The van der Waals surface area contributed by atoms with Crippen molar-refractivity contribution in [3.63, 3.8) is 0 Å². The normalized spacial score (nSPS) is 14.7. The van der Waals surface area contributed by atoms with Gasteiger partial charge < -0.3 is 5.32 Å². The van der Waals surface area contributed by atoms with Crippen LogP contribution in [0, 0.1) is 0 Å². The highest BCUT2D eigenvalue weighted by molar-refractivity contribution is 5.27. The van der Waals surface area contributed by atoms with Crippen LogP contribution in [0.25, 0.3) is 0 Å². The van der Waals surface area contributed by atoms with E-state index in [1.165, 1.54) is 12.1 Å². The van der Waals surface area contributed by atoms with Gasteiger partial charge in [-0.25, -0.2) is 0 Å². The van der Waals surface area contributed by atoms with Crippen LogP contribution in [0.3, 0.4) is 0 Å². The number of benzene rings is 1. The number of rotatable bonds is 2. The van der Waals surface area contributed by atoms with Crippen LogP contribution >= 0.6 is 0 Å². The van der Waals surface area contributed by atoms with Gasteiger partial charge in [0.15, 0.2) is 0 Å². The van der Waals surface area contributed by atoms with Crippen molar-refractivity contribution in [3.8, 4) is 0 Å². The van der Waals surface area contributed by atoms with Crippen molar-refractivity contribution in [1.29, 1.82) is 0 Å². The van der Waals surface area contributed by atoms with Crippen molar-refractivity contribution in [2.75, 3.05) is 0 Å². The summed E-state index contributed by atoms with van der Waals surface area (Å²) in [6.45, 7) is 1.86. The van der Waals surface area contributed by atoms with Crippen molar-refractivity contribution in [3.05, 3.63) is 52.8 Å². The van der Waals surface area contributed by atoms with E-state index in [1.807, 2.05) is 6.20 Å². The van der Waals surface area contributed by atoms with Crippen molar-refractivity contribution >= 4 is 0 Å². The Morgan fingerprint density at radius 3 is 2.84 bits per heavy atom. The Labute approximate surface area is 108 Å². The van der Waals surface area contributed by atoms with E-state index in [0.29, 0.717) is 12.1 Å². The average molecular weight is 267 g/mol. The molecule has 2 heterocycles. The van der Waals surface area contributed by atoms with Gasteiger partial charge >= 0.3 is 6.18 Å². The Hall–Kier alpha value is -1.82. The number of nitrogens with one attached hydrogen (secondary N) is 1. The molecule has 0 saturated carbocycles. The summed E-state index contributed by atoms with van der Waals surface area (Å²) in [6, 6.07) is 5.36. The Morgan fingerprint density at radius 1 is 1.26 bits per heavy atom. The molecule has 100 valence electrons. The highest BCUT2D eigenvalue weighted by Gasteiger charge is 2.30. The van der Waals surface area contributed by atoms with Crippen LogP contribution in [-0.2, 0) is 25.8 Å². The van der Waals surface area contributed by atoms with Gasteiger partial charge in [0.1, 0.15) is 0 Å². The first-order chi connectivity index (χ1) is 9.02. The van der Waals surface area contributed by atoms with Crippen molar-refractivity contribution in [2.45, 2.75) is 25.8 Å². The molecule has 0 bridgehead atoms. The molecule has 0 aliphatic carbocycles. The maximum absolute atomic E-state index is 12.6. The molecule has 0 saturated heterocycles. The summed E-state index contributed by atoms with van der Waals surface area (Å²) in [4.78, 5) is 0. The molecule has 2 aromatic rings. The lowest BCUT2D eigenvalue weighted by atomic mass is 10.1. The van der Waals surface area contributed by atoms with Crippen molar-refractivity contribution < 1.29 is 13.2 Å². The topological polar surface area (TPSA) is 29.9 Å². The molecule has 3 nitrogen and oxygen atoms in total. The molecular weight excluding hydrogens is 255 g/mol. The Bertz CT molecular complexity index is 580. The van der Waals surface area contributed by atoms with Crippen molar-refractivity contribution in [1.82, 2.24) is 15.1 Å². The third kappa shape index (κ3) is 2.49. The van der Waals surface area contributed by atoms with Crippen LogP contribution in [0.5, 0.6) is 0 Å². The van der Waals surface area contributed by atoms with E-state index >= 15 is 0 Å². The Kier molecular flexibility index (Phi) is 2.82. The van der Waals surface area contributed by atoms with E-state index < -0.39 is 11.7 Å². The standard InChI is InChI=1S/C13H12F3N3/c14-13(15,16)11-3-1-2-9(4-11)7-19-8-10-5-17-6-12(10)18-19/h1-4,8,17H,5-7H2. The average Bonchev–Trinajstić information content (AvgIpc) is 2.88. The Balaban J connectivity index is 1.83. The number of aromatic nitrogens is 2. The van der Waals surface area contributed by atoms with Gasteiger partial charge in [-0.05, 0) is 17.7 Å². The maximum atomic E-state index is 12.6. The molecule has 0 radical (unpaired) electrons. The minimum absolute atomic E-state index is 0.358. The van der Waals surface area contributed by atoms with E-state index in [-0.39, 0.29) is 0 Å². The lowest BCUT2D eigenvalue weighted by molar-refractivity contribution is -0.137. The zero-order chi connectivity index (χ0) is 13.5. The van der Waals surface area contributed by atoms with Gasteiger partial charge in [0.05, 0.1) is 17.8 Å². The summed E-state index contributed by atoms with van der Waals surface area (Å²) in [6.07, 6.45) is -2.42. The summed E-state index contributed by atoms with van der Waals surface area (Å²) in [5.74, 6) is 0. The van der Waals surface area contributed by atoms with E-state index in [4.69, 9.17) is 0 Å². The predicted octanol–water partition coefficient (Wildman–Crippen LogP) is 2.55. The van der Waals surface area contributed by atoms with Crippen LogP contribution in [0.1, 0.15) is 22.4 Å². The molecule has 1 aliphatic rings. The predicted molar refractivity (Wildman–Crippen MR) is 63.3 cm³/mol. The van der Waals surface area contributed by atoms with Crippen LogP contribution in [0.2, 0.25) is 0 Å². The number of nitrogens with zero attached hydrogens (tertiary/aromatic N) is 2. The van der Waals surface area contributed by atoms with Crippen LogP contribution in [0.15, 0.2) is 30.5 Å². The number of alkyl halides is 3. The van der Waals surface area contributed by atoms with Gasteiger partial charge in [-0.1, -0.05) is 12.1 Å². The first-order valence-electron chi connectivity index (χ1n) is 5.94. The second kappa shape index (κ2) is 4.38. The third-order valence-corrected chi connectivity index (χ3v) is 3.13. The maximum Gasteiger partial charge on any atom is 0.416 e. The van der Waals surface area contributed by atoms with Crippen LogP contribution in [-0.4, -0.2) is 9.78 Å². The van der Waals surface area contributed by atoms with Gasteiger partial charge in [0.25, 0.3) is 0 Å². The molecule has 1 aliphatic heterocycles. The molecule has 1 N–H and O–H groups in total. The van der Waals surface area contributed by atoms with Gasteiger partial charge in [0, 0.05) is 24.8 Å². The molecule has 0 spiro atoms. The lowest BCUT2D eigenvalue weighted by Crippen LogP contribution is -2.08. The smallest absolute Gasteiger partial charge is 0.307 e. The number of fused-ring (bicyclic) bond motifs is 1. The van der Waals surface area contributed by atoms with Crippen molar-refractivity contribution in [2.24, 2.45) is 0 Å². The molecule has 19 heavy (non-hydrogen) atoms. The zero-order valence-corrected chi connectivity index (χ0v) is 10.0. The molecule has 1 aromatic carbocycles. The van der Waals surface area contributed by atoms with E-state index in [2.05, 4.69) is 10.4 Å². The van der Waals surface area contributed by atoms with E-state index in [9.17, 15) is 13.2 Å². The van der Waals surface area contributed by atoms with Gasteiger partial charge in [-0.15, -0.1) is 0 Å². The molecule has 0 unspecified atom stereocenters. The molecule has 1 aromatic heterocycles. The lowest BCUT2D eigenvalue weighted by Gasteiger charge is -2.09. The quantitative estimate of drug-likeness (QED) is 0.906. The highest BCUT2D eigenvalue weighted by Crippen LogP contribution is 2.29. The number of halogens is 3. The fraction of sp³-hybridized carbons (Fsp3) is 0.308. The Morgan fingerprint density at radius 2 is 2.11 bits per heavy atom. The number of hydrogen-bond acceptors (Lipinski definition) is 2. The monoisotopic (exact) mass is 267 g/mol. The van der Waals surface area contributed by atoms with Gasteiger partial charge in [-0.2, -0.15) is 18.3 Å². The summed E-state index contributed by atoms with van der Waals surface area (Å²) < 4.78 is 39.5. The fourth-order valence-corrected chi connectivity index (χ4v) is 2.23. The molecular formula is C13H12F3N3. The highest BCUT2D eigenvalue weighted by atomic mass is 19.4. The summed E-state index contributed by atoms with van der Waals surface area (Å²) in [5, 5.41) is 7.51. The summed E-state index contributed by atoms with van der Waals surface area (Å²) in [5.41, 5.74) is 2.08. The minimum atomic E-state index is -4.30. The first-order valence-corrected chi connectivity index (χ1v) is 5.94. The van der Waals surface area contributed by atoms with Gasteiger partial charge in [0.2, 0.25) is 0 Å². The molecule has 0 fully saturated rings. The van der Waals surface area contributed by atoms with E-state index in [0.717, 1.165) is 30.4 Å². The molecule has 6 heteroatoms. The molecule has 0 atom stereocenters. The zero-order valence-electron chi connectivity index (χ0n) is 10.0. The van der Waals surface area contributed by atoms with Gasteiger partial charge in [-0.3, -0.25) is 4.68 Å². The van der Waals surface area contributed by atoms with Crippen LogP contribution < -0.4 is 5.32 Å². The van der Waals surface area contributed by atoms with Crippen LogP contribution in [0.4, 0.5) is 13.2 Å². The molecule has 0 amide bonds. The second-order valence-electron chi connectivity index (χ2n) is 4.60. The molecule has 3 rings (SSSR count). The number of hydrogen-bond donors (Lipinski definition) is 1. The largest absolute Gasteiger partial charge is 0.416 e.